The van der Waals surface area contributed by atoms with Gasteiger partial charge in [-0.15, -0.1) is 0 Å². The smallest absolute Gasteiger partial charge is 0.0563 e. The first-order chi connectivity index (χ1) is 10.2. The lowest BCUT2D eigenvalue weighted by atomic mass is 9.88. The van der Waals surface area contributed by atoms with E-state index in [9.17, 15) is 0 Å². The van der Waals surface area contributed by atoms with Crippen LogP contribution in [-0.2, 0) is 6.42 Å². The molecular formula is C20H21N. The summed E-state index contributed by atoms with van der Waals surface area (Å²) in [6, 6.07) is 21.3. The normalized spacial score (nSPS) is 12.5. The minimum absolute atomic E-state index is 0.0766. The van der Waals surface area contributed by atoms with Crippen molar-refractivity contribution in [2.24, 2.45) is 5.73 Å². The first kappa shape index (κ1) is 13.8. The summed E-state index contributed by atoms with van der Waals surface area (Å²) in [6.45, 7) is 4.33. The van der Waals surface area contributed by atoms with Crippen molar-refractivity contribution in [2.75, 3.05) is 0 Å². The maximum absolute atomic E-state index is 6.66. The molecule has 3 aromatic carbocycles. The summed E-state index contributed by atoms with van der Waals surface area (Å²) in [7, 11) is 0. The third-order valence-corrected chi connectivity index (χ3v) is 4.27. The van der Waals surface area contributed by atoms with Gasteiger partial charge >= 0.3 is 0 Å². The molecule has 0 saturated heterocycles. The van der Waals surface area contributed by atoms with Crippen LogP contribution < -0.4 is 5.73 Å². The Morgan fingerprint density at radius 1 is 0.905 bits per heavy atom. The van der Waals surface area contributed by atoms with E-state index in [1.807, 2.05) is 0 Å². The van der Waals surface area contributed by atoms with Crippen molar-refractivity contribution in [3.05, 3.63) is 82.9 Å². The van der Waals surface area contributed by atoms with Crippen LogP contribution in [0.3, 0.4) is 0 Å². The van der Waals surface area contributed by atoms with Crippen molar-refractivity contribution in [1.29, 1.82) is 0 Å². The van der Waals surface area contributed by atoms with E-state index in [0.717, 1.165) is 6.42 Å². The molecule has 0 fully saturated rings. The van der Waals surface area contributed by atoms with E-state index < -0.39 is 0 Å². The quantitative estimate of drug-likeness (QED) is 0.733. The number of fused-ring (bicyclic) bond motifs is 1. The van der Waals surface area contributed by atoms with E-state index in [1.54, 1.807) is 0 Å². The summed E-state index contributed by atoms with van der Waals surface area (Å²) in [5.74, 6) is 0. The second kappa shape index (κ2) is 5.71. The van der Waals surface area contributed by atoms with Gasteiger partial charge in [0.1, 0.15) is 0 Å². The highest BCUT2D eigenvalue weighted by molar-refractivity contribution is 5.87. The monoisotopic (exact) mass is 275 g/mol. The fourth-order valence-electron chi connectivity index (χ4n) is 3.13. The summed E-state index contributed by atoms with van der Waals surface area (Å²) in [4.78, 5) is 0. The molecule has 0 heterocycles. The highest BCUT2D eigenvalue weighted by atomic mass is 14.6. The molecule has 0 aromatic heterocycles. The summed E-state index contributed by atoms with van der Waals surface area (Å²) in [6.07, 6.45) is 1.01. The SMILES string of the molecule is CCc1ccccc1C(N)c1c(C)ccc2ccccc12. The predicted molar refractivity (Wildman–Crippen MR) is 90.5 cm³/mol. The van der Waals surface area contributed by atoms with Crippen molar-refractivity contribution >= 4 is 10.8 Å². The Labute approximate surface area is 126 Å². The summed E-state index contributed by atoms with van der Waals surface area (Å²) >= 11 is 0. The topological polar surface area (TPSA) is 26.0 Å². The number of nitrogens with two attached hydrogens (primary N) is 1. The molecule has 0 spiro atoms. The second-order valence-corrected chi connectivity index (χ2v) is 5.55. The zero-order valence-electron chi connectivity index (χ0n) is 12.6. The molecule has 0 saturated carbocycles. The predicted octanol–water partition coefficient (Wildman–Crippen LogP) is 4.76. The lowest BCUT2D eigenvalue weighted by molar-refractivity contribution is 0.850. The van der Waals surface area contributed by atoms with E-state index in [2.05, 4.69) is 74.5 Å². The molecule has 0 radical (unpaired) electrons. The maximum Gasteiger partial charge on any atom is 0.0563 e. The number of aryl methyl sites for hydroxylation is 2. The minimum Gasteiger partial charge on any atom is -0.320 e. The Morgan fingerprint density at radius 2 is 1.62 bits per heavy atom. The standard InChI is InChI=1S/C20H21N/c1-3-15-8-4-7-11-18(15)20(21)19-14(2)12-13-16-9-5-6-10-17(16)19/h4-13,20H,3,21H2,1-2H3. The van der Waals surface area contributed by atoms with Crippen LogP contribution in [0.4, 0.5) is 0 Å². The van der Waals surface area contributed by atoms with E-state index in [4.69, 9.17) is 5.73 Å². The van der Waals surface area contributed by atoms with Crippen molar-refractivity contribution in [3.63, 3.8) is 0 Å². The summed E-state index contributed by atoms with van der Waals surface area (Å²) in [5, 5.41) is 2.51. The molecule has 1 unspecified atom stereocenters. The summed E-state index contributed by atoms with van der Waals surface area (Å²) in [5.41, 5.74) is 11.7. The van der Waals surface area contributed by atoms with Crippen LogP contribution >= 0.6 is 0 Å². The number of hydrogen-bond donors (Lipinski definition) is 1. The van der Waals surface area contributed by atoms with Crippen molar-refractivity contribution in [3.8, 4) is 0 Å². The van der Waals surface area contributed by atoms with Crippen LogP contribution in [0.1, 0.15) is 35.2 Å². The molecule has 0 amide bonds. The van der Waals surface area contributed by atoms with Gasteiger partial charge in [-0.2, -0.15) is 0 Å². The van der Waals surface area contributed by atoms with Gasteiger partial charge in [-0.3, -0.25) is 0 Å². The molecule has 1 atom stereocenters. The first-order valence-corrected chi connectivity index (χ1v) is 7.54. The zero-order valence-corrected chi connectivity index (χ0v) is 12.6. The fourth-order valence-corrected chi connectivity index (χ4v) is 3.13. The molecule has 1 heteroatoms. The van der Waals surface area contributed by atoms with Gasteiger partial charge in [0.05, 0.1) is 6.04 Å². The molecule has 3 aromatic rings. The zero-order chi connectivity index (χ0) is 14.8. The first-order valence-electron chi connectivity index (χ1n) is 7.54. The fraction of sp³-hybridized carbons (Fsp3) is 0.200. The molecule has 3 rings (SSSR count). The van der Waals surface area contributed by atoms with Crippen LogP contribution in [0.15, 0.2) is 60.7 Å². The Balaban J connectivity index is 2.22. The van der Waals surface area contributed by atoms with Crippen LogP contribution in [0.2, 0.25) is 0 Å². The van der Waals surface area contributed by atoms with Crippen molar-refractivity contribution in [1.82, 2.24) is 0 Å². The van der Waals surface area contributed by atoms with Gasteiger partial charge in [0.25, 0.3) is 0 Å². The van der Waals surface area contributed by atoms with Crippen LogP contribution in [0.5, 0.6) is 0 Å². The Hall–Kier alpha value is -2.12. The van der Waals surface area contributed by atoms with Crippen LogP contribution in [0, 0.1) is 6.92 Å². The Kier molecular flexibility index (Phi) is 3.76. The average Bonchev–Trinajstić information content (AvgIpc) is 2.54. The summed E-state index contributed by atoms with van der Waals surface area (Å²) < 4.78 is 0. The number of rotatable bonds is 3. The van der Waals surface area contributed by atoms with Crippen molar-refractivity contribution < 1.29 is 0 Å². The van der Waals surface area contributed by atoms with Crippen LogP contribution in [-0.4, -0.2) is 0 Å². The lowest BCUT2D eigenvalue weighted by Crippen LogP contribution is -2.15. The van der Waals surface area contributed by atoms with Gasteiger partial charge in [-0.25, -0.2) is 0 Å². The highest BCUT2D eigenvalue weighted by Gasteiger charge is 2.16. The van der Waals surface area contributed by atoms with Gasteiger partial charge in [0, 0.05) is 0 Å². The third kappa shape index (κ3) is 2.45. The molecule has 0 bridgehead atoms. The molecular weight excluding hydrogens is 254 g/mol. The van der Waals surface area contributed by atoms with Gasteiger partial charge in [0.2, 0.25) is 0 Å². The van der Waals surface area contributed by atoms with E-state index in [1.165, 1.54) is 33.0 Å². The third-order valence-electron chi connectivity index (χ3n) is 4.27. The molecule has 1 nitrogen and oxygen atoms in total. The molecule has 2 N–H and O–H groups in total. The molecule has 0 aliphatic rings. The van der Waals surface area contributed by atoms with Crippen LogP contribution in [0.25, 0.3) is 10.8 Å². The van der Waals surface area contributed by atoms with E-state index in [-0.39, 0.29) is 6.04 Å². The largest absolute Gasteiger partial charge is 0.320 e. The second-order valence-electron chi connectivity index (χ2n) is 5.55. The van der Waals surface area contributed by atoms with Gasteiger partial charge in [-0.05, 0) is 46.4 Å². The lowest BCUT2D eigenvalue weighted by Gasteiger charge is -2.20. The molecule has 0 aliphatic carbocycles. The van der Waals surface area contributed by atoms with E-state index >= 15 is 0 Å². The highest BCUT2D eigenvalue weighted by Crippen LogP contribution is 2.31. The van der Waals surface area contributed by atoms with Gasteiger partial charge in [0.15, 0.2) is 0 Å². The number of hydrogen-bond acceptors (Lipinski definition) is 1. The molecule has 21 heavy (non-hydrogen) atoms. The maximum atomic E-state index is 6.66. The average molecular weight is 275 g/mol. The Bertz CT molecular complexity index is 774. The van der Waals surface area contributed by atoms with Gasteiger partial charge in [-0.1, -0.05) is 67.6 Å². The molecule has 0 aliphatic heterocycles. The number of benzene rings is 3. The van der Waals surface area contributed by atoms with Gasteiger partial charge < -0.3 is 5.73 Å². The van der Waals surface area contributed by atoms with E-state index in [0.29, 0.717) is 0 Å². The minimum atomic E-state index is -0.0766. The van der Waals surface area contributed by atoms with Crippen molar-refractivity contribution in [2.45, 2.75) is 26.3 Å². The molecule has 106 valence electrons. The Morgan fingerprint density at radius 3 is 2.43 bits per heavy atom.